The Labute approximate surface area is 227 Å². The van der Waals surface area contributed by atoms with Crippen LogP contribution in [0.25, 0.3) is 10.2 Å². The number of amides is 1. The van der Waals surface area contributed by atoms with Crippen LogP contribution in [-0.2, 0) is 12.8 Å². The number of hydrogen-bond acceptors (Lipinski definition) is 7. The van der Waals surface area contributed by atoms with Gasteiger partial charge in [-0.25, -0.2) is 9.97 Å². The molecule has 1 aliphatic heterocycles. The number of nitrogens with one attached hydrogen (secondary N) is 2. The van der Waals surface area contributed by atoms with Gasteiger partial charge in [0.1, 0.15) is 6.33 Å². The lowest BCUT2D eigenvalue weighted by Gasteiger charge is -2.35. The van der Waals surface area contributed by atoms with Crippen molar-refractivity contribution >= 4 is 44.7 Å². The number of aromatic nitrogens is 2. The molecule has 1 saturated heterocycles. The molecule has 2 N–H and O–H groups in total. The maximum absolute atomic E-state index is 12.4. The van der Waals surface area contributed by atoms with Gasteiger partial charge in [-0.1, -0.05) is 19.1 Å². The van der Waals surface area contributed by atoms with Gasteiger partial charge in [0, 0.05) is 49.2 Å². The SMILES string of the molecule is CCN1CCN(c2ccc(Nc3ncnc4c(CCc5cccc(C(=O)NC6CC6)c5)csc34)cc2)CC1. The quantitative estimate of drug-likeness (QED) is 0.310. The Morgan fingerprint density at radius 1 is 1.03 bits per heavy atom. The summed E-state index contributed by atoms with van der Waals surface area (Å²) in [6.07, 6.45) is 5.56. The molecule has 1 aliphatic carbocycles. The van der Waals surface area contributed by atoms with E-state index in [4.69, 9.17) is 0 Å². The van der Waals surface area contributed by atoms with Gasteiger partial charge in [0.05, 0.1) is 10.2 Å². The van der Waals surface area contributed by atoms with E-state index in [2.05, 4.69) is 73.0 Å². The van der Waals surface area contributed by atoms with Gasteiger partial charge >= 0.3 is 0 Å². The van der Waals surface area contributed by atoms with Gasteiger partial charge in [-0.2, -0.15) is 0 Å². The summed E-state index contributed by atoms with van der Waals surface area (Å²) in [4.78, 5) is 26.5. The van der Waals surface area contributed by atoms with E-state index < -0.39 is 0 Å². The highest BCUT2D eigenvalue weighted by Crippen LogP contribution is 2.32. The number of rotatable bonds is 9. The van der Waals surface area contributed by atoms with E-state index in [0.717, 1.165) is 91.3 Å². The lowest BCUT2D eigenvalue weighted by atomic mass is 10.0. The van der Waals surface area contributed by atoms with E-state index in [9.17, 15) is 4.79 Å². The number of fused-ring (bicyclic) bond motifs is 1. The third-order valence-corrected chi connectivity index (χ3v) is 8.55. The number of benzene rings is 2. The Morgan fingerprint density at radius 3 is 2.61 bits per heavy atom. The minimum atomic E-state index is 0.0332. The number of thiophene rings is 1. The Kier molecular flexibility index (Phi) is 7.25. The van der Waals surface area contributed by atoms with Crippen LogP contribution in [0.2, 0.25) is 0 Å². The van der Waals surface area contributed by atoms with E-state index in [-0.39, 0.29) is 5.91 Å². The number of anilines is 3. The van der Waals surface area contributed by atoms with Gasteiger partial charge in [0.15, 0.2) is 5.82 Å². The summed E-state index contributed by atoms with van der Waals surface area (Å²) in [5, 5.41) is 8.77. The molecule has 0 atom stereocenters. The molecule has 0 bridgehead atoms. The van der Waals surface area contributed by atoms with E-state index in [1.54, 1.807) is 17.7 Å². The minimum Gasteiger partial charge on any atom is -0.369 e. The molecule has 8 heteroatoms. The monoisotopic (exact) mass is 526 g/mol. The highest BCUT2D eigenvalue weighted by atomic mass is 32.1. The number of carbonyl (C=O) groups is 1. The van der Waals surface area contributed by atoms with Crippen LogP contribution in [0.3, 0.4) is 0 Å². The van der Waals surface area contributed by atoms with E-state index >= 15 is 0 Å². The first-order valence-electron chi connectivity index (χ1n) is 13.6. The molecule has 6 rings (SSSR count). The summed E-state index contributed by atoms with van der Waals surface area (Å²) in [7, 11) is 0. The van der Waals surface area contributed by atoms with Gasteiger partial charge in [-0.15, -0.1) is 11.3 Å². The first-order chi connectivity index (χ1) is 18.7. The Hall–Kier alpha value is -3.49. The largest absolute Gasteiger partial charge is 0.369 e. The third-order valence-electron chi connectivity index (χ3n) is 7.53. The fraction of sp³-hybridized carbons (Fsp3) is 0.367. The second-order valence-corrected chi connectivity index (χ2v) is 11.1. The number of hydrogen-bond donors (Lipinski definition) is 2. The highest BCUT2D eigenvalue weighted by Gasteiger charge is 2.24. The van der Waals surface area contributed by atoms with Crippen LogP contribution in [0, 0.1) is 0 Å². The Morgan fingerprint density at radius 2 is 1.84 bits per heavy atom. The van der Waals surface area contributed by atoms with Crippen molar-refractivity contribution in [3.63, 3.8) is 0 Å². The number of likely N-dealkylation sites (N-methyl/N-ethyl adjacent to an activating group) is 1. The zero-order chi connectivity index (χ0) is 25.9. The van der Waals surface area contributed by atoms with Gasteiger partial charge in [-0.05, 0) is 85.1 Å². The van der Waals surface area contributed by atoms with E-state index in [0.29, 0.717) is 6.04 Å². The summed E-state index contributed by atoms with van der Waals surface area (Å²) in [6.45, 7) is 7.74. The van der Waals surface area contributed by atoms with E-state index in [1.807, 2.05) is 18.2 Å². The van der Waals surface area contributed by atoms with Crippen molar-refractivity contribution in [2.45, 2.75) is 38.6 Å². The van der Waals surface area contributed by atoms with Gasteiger partial charge in [0.25, 0.3) is 5.91 Å². The lowest BCUT2D eigenvalue weighted by Crippen LogP contribution is -2.46. The average molecular weight is 527 g/mol. The summed E-state index contributed by atoms with van der Waals surface area (Å²) in [5.41, 5.74) is 6.42. The van der Waals surface area contributed by atoms with Crippen molar-refractivity contribution in [1.82, 2.24) is 20.2 Å². The maximum atomic E-state index is 12.4. The van der Waals surface area contributed by atoms with Crippen LogP contribution < -0.4 is 15.5 Å². The number of nitrogens with zero attached hydrogens (tertiary/aromatic N) is 4. The fourth-order valence-electron chi connectivity index (χ4n) is 5.02. The van der Waals surface area contributed by atoms with Gasteiger partial charge < -0.3 is 20.4 Å². The number of carbonyl (C=O) groups excluding carboxylic acids is 1. The van der Waals surface area contributed by atoms with Crippen LogP contribution >= 0.6 is 11.3 Å². The standard InChI is InChI=1S/C30H34N6OS/c1-2-35-14-16-36(17-15-35)26-12-10-24(11-13-26)33-29-28-27(31-20-32-29)23(19-38-28)7-6-21-4-3-5-22(18-21)30(37)34-25-8-9-25/h3-5,10-13,18-20,25H,2,6-9,14-17H2,1H3,(H,34,37)(H,31,32,33). The Balaban J connectivity index is 1.11. The molecule has 0 unspecified atom stereocenters. The summed E-state index contributed by atoms with van der Waals surface area (Å²) in [6, 6.07) is 17.0. The third kappa shape index (κ3) is 5.66. The summed E-state index contributed by atoms with van der Waals surface area (Å²) >= 11 is 1.68. The molecule has 38 heavy (non-hydrogen) atoms. The number of aryl methyl sites for hydroxylation is 2. The van der Waals surface area contributed by atoms with Crippen LogP contribution in [0.15, 0.2) is 60.2 Å². The first kappa shape index (κ1) is 24.8. The van der Waals surface area contributed by atoms with Gasteiger partial charge in [0.2, 0.25) is 0 Å². The van der Waals surface area contributed by atoms with Crippen LogP contribution in [0.5, 0.6) is 0 Å². The minimum absolute atomic E-state index is 0.0332. The second kappa shape index (κ2) is 11.1. The molecular formula is C30H34N6OS. The molecule has 4 aromatic rings. The van der Waals surface area contributed by atoms with E-state index in [1.165, 1.54) is 11.3 Å². The van der Waals surface area contributed by atoms with Gasteiger partial charge in [-0.3, -0.25) is 4.79 Å². The molecule has 1 saturated carbocycles. The first-order valence-corrected chi connectivity index (χ1v) is 14.5. The zero-order valence-corrected chi connectivity index (χ0v) is 22.6. The van der Waals surface area contributed by atoms with Crippen molar-refractivity contribution in [3.05, 3.63) is 76.9 Å². The van der Waals surface area contributed by atoms with Crippen LogP contribution in [0.1, 0.15) is 41.3 Å². The fourth-order valence-corrected chi connectivity index (χ4v) is 6.02. The van der Waals surface area contributed by atoms with Crippen molar-refractivity contribution < 1.29 is 4.79 Å². The molecule has 1 amide bonds. The molecule has 3 heterocycles. The zero-order valence-electron chi connectivity index (χ0n) is 21.8. The van der Waals surface area contributed by atoms with Crippen molar-refractivity contribution in [3.8, 4) is 0 Å². The Bertz CT molecular complexity index is 1410. The summed E-state index contributed by atoms with van der Waals surface area (Å²) in [5.74, 6) is 0.875. The van der Waals surface area contributed by atoms with Crippen molar-refractivity contribution in [1.29, 1.82) is 0 Å². The predicted molar refractivity (Wildman–Crippen MR) is 156 cm³/mol. The predicted octanol–water partition coefficient (Wildman–Crippen LogP) is 5.25. The molecule has 0 radical (unpaired) electrons. The second-order valence-electron chi connectivity index (χ2n) is 10.2. The molecule has 2 aromatic carbocycles. The molecule has 7 nitrogen and oxygen atoms in total. The molecule has 2 aliphatic rings. The lowest BCUT2D eigenvalue weighted by molar-refractivity contribution is 0.0951. The maximum Gasteiger partial charge on any atom is 0.251 e. The average Bonchev–Trinajstić information content (AvgIpc) is 3.68. The van der Waals surface area contributed by atoms with Crippen molar-refractivity contribution in [2.24, 2.45) is 0 Å². The smallest absolute Gasteiger partial charge is 0.251 e. The summed E-state index contributed by atoms with van der Waals surface area (Å²) < 4.78 is 1.07. The van der Waals surface area contributed by atoms with Crippen LogP contribution in [-0.4, -0.2) is 59.5 Å². The number of piperazine rings is 1. The molecule has 2 fully saturated rings. The molecule has 196 valence electrons. The normalized spacial score (nSPS) is 16.1. The van der Waals surface area contributed by atoms with Crippen LogP contribution in [0.4, 0.5) is 17.2 Å². The molecular weight excluding hydrogens is 492 g/mol. The molecule has 0 spiro atoms. The topological polar surface area (TPSA) is 73.4 Å². The molecule has 2 aromatic heterocycles. The highest BCUT2D eigenvalue weighted by molar-refractivity contribution is 7.18. The van der Waals surface area contributed by atoms with Crippen molar-refractivity contribution in [2.75, 3.05) is 42.9 Å².